The molecule has 6 heteroatoms. The molecule has 21 heavy (non-hydrogen) atoms. The van der Waals surface area contributed by atoms with Crippen LogP contribution in [0.2, 0.25) is 10.0 Å². The summed E-state index contributed by atoms with van der Waals surface area (Å²) in [7, 11) is 0. The average Bonchev–Trinajstić information content (AvgIpc) is 2.86. The summed E-state index contributed by atoms with van der Waals surface area (Å²) in [5.74, 6) is 5.46. The first-order chi connectivity index (χ1) is 10.1. The van der Waals surface area contributed by atoms with E-state index in [-0.39, 0.29) is 12.5 Å². The van der Waals surface area contributed by atoms with E-state index in [1.807, 2.05) is 0 Å². The van der Waals surface area contributed by atoms with Gasteiger partial charge in [-0.1, -0.05) is 35.0 Å². The fourth-order valence-corrected chi connectivity index (χ4v) is 2.85. The zero-order valence-electron chi connectivity index (χ0n) is 10.8. The summed E-state index contributed by atoms with van der Waals surface area (Å²) in [6, 6.07) is 8.32. The van der Waals surface area contributed by atoms with Gasteiger partial charge < -0.3 is 10.4 Å². The molecule has 0 aliphatic heterocycles. The minimum atomic E-state index is -0.242. The molecule has 108 valence electrons. The van der Waals surface area contributed by atoms with Gasteiger partial charge in [-0.25, -0.2) is 0 Å². The van der Waals surface area contributed by atoms with Gasteiger partial charge in [-0.05, 0) is 30.3 Å². The van der Waals surface area contributed by atoms with Gasteiger partial charge in [0.05, 0.1) is 16.4 Å². The summed E-state index contributed by atoms with van der Waals surface area (Å²) in [5.41, 5.74) is 0.541. The number of aliphatic hydroxyl groups is 1. The third-order valence-corrected chi connectivity index (χ3v) is 3.83. The maximum absolute atomic E-state index is 12.1. The molecular formula is C15H11Cl2NO2S. The number of carbonyl (C=O) groups is 1. The third-order valence-electron chi connectivity index (χ3n) is 2.40. The first-order valence-corrected chi connectivity index (χ1v) is 7.63. The van der Waals surface area contributed by atoms with Crippen LogP contribution in [0.15, 0.2) is 30.3 Å². The van der Waals surface area contributed by atoms with Crippen LogP contribution in [0.1, 0.15) is 21.0 Å². The van der Waals surface area contributed by atoms with E-state index in [0.717, 1.165) is 4.88 Å². The Morgan fingerprint density at radius 2 is 1.95 bits per heavy atom. The van der Waals surface area contributed by atoms with Gasteiger partial charge >= 0.3 is 0 Å². The largest absolute Gasteiger partial charge is 0.395 e. The number of carbonyl (C=O) groups excluding carboxylic acids is 1. The molecule has 0 unspecified atom stereocenters. The highest BCUT2D eigenvalue weighted by Gasteiger charge is 2.09. The second-order valence-corrected chi connectivity index (χ2v) is 6.01. The van der Waals surface area contributed by atoms with Gasteiger partial charge in [-0.15, -0.1) is 11.3 Å². The van der Waals surface area contributed by atoms with Crippen molar-refractivity contribution >= 4 is 46.1 Å². The Morgan fingerprint density at radius 3 is 2.62 bits per heavy atom. The molecule has 0 saturated carbocycles. The summed E-state index contributed by atoms with van der Waals surface area (Å²) in [6.07, 6.45) is 0.417. The van der Waals surface area contributed by atoms with E-state index in [1.165, 1.54) is 11.3 Å². The Hall–Kier alpha value is -1.51. The monoisotopic (exact) mass is 339 g/mol. The maximum Gasteiger partial charge on any atom is 0.265 e. The predicted molar refractivity (Wildman–Crippen MR) is 87.3 cm³/mol. The average molecular weight is 340 g/mol. The lowest BCUT2D eigenvalue weighted by Gasteiger charge is -2.04. The molecule has 2 rings (SSSR count). The molecule has 3 nitrogen and oxygen atoms in total. The number of benzene rings is 1. The number of anilines is 1. The lowest BCUT2D eigenvalue weighted by atomic mass is 10.3. The molecule has 0 aliphatic carbocycles. The molecular weight excluding hydrogens is 329 g/mol. The number of hydrogen-bond donors (Lipinski definition) is 2. The fourth-order valence-electron chi connectivity index (χ4n) is 1.55. The molecule has 0 bridgehead atoms. The summed E-state index contributed by atoms with van der Waals surface area (Å²) >= 11 is 13.1. The smallest absolute Gasteiger partial charge is 0.265 e. The van der Waals surface area contributed by atoms with E-state index in [0.29, 0.717) is 27.0 Å². The van der Waals surface area contributed by atoms with Crippen molar-refractivity contribution in [3.63, 3.8) is 0 Å². The second-order valence-electron chi connectivity index (χ2n) is 4.05. The molecule has 2 aromatic rings. The van der Waals surface area contributed by atoms with Crippen LogP contribution in [-0.2, 0) is 0 Å². The van der Waals surface area contributed by atoms with Crippen molar-refractivity contribution in [2.24, 2.45) is 0 Å². The zero-order valence-corrected chi connectivity index (χ0v) is 13.1. The number of halogens is 2. The molecule has 0 radical (unpaired) electrons. The summed E-state index contributed by atoms with van der Waals surface area (Å²) in [6.45, 7) is 0.0290. The van der Waals surface area contributed by atoms with Gasteiger partial charge in [-0.3, -0.25) is 4.79 Å². The second kappa shape index (κ2) is 7.48. The van der Waals surface area contributed by atoms with E-state index in [2.05, 4.69) is 17.2 Å². The Labute approximate surface area is 136 Å². The number of aliphatic hydroxyl groups excluding tert-OH is 1. The summed E-state index contributed by atoms with van der Waals surface area (Å²) in [5, 5.41) is 12.3. The Balaban J connectivity index is 2.09. The van der Waals surface area contributed by atoms with E-state index in [4.69, 9.17) is 28.3 Å². The van der Waals surface area contributed by atoms with E-state index in [1.54, 1.807) is 30.3 Å². The molecule has 0 aliphatic rings. The van der Waals surface area contributed by atoms with Gasteiger partial charge in [0.2, 0.25) is 0 Å². The van der Waals surface area contributed by atoms with Crippen molar-refractivity contribution < 1.29 is 9.90 Å². The zero-order chi connectivity index (χ0) is 15.2. The third kappa shape index (κ3) is 4.76. The highest BCUT2D eigenvalue weighted by molar-refractivity contribution is 7.14. The number of rotatable bonds is 3. The molecule has 1 heterocycles. The predicted octanol–water partition coefficient (Wildman–Crippen LogP) is 4.04. The van der Waals surface area contributed by atoms with Crippen molar-refractivity contribution in [2.45, 2.75) is 6.42 Å². The van der Waals surface area contributed by atoms with Crippen molar-refractivity contribution in [1.29, 1.82) is 0 Å². The molecule has 1 aromatic heterocycles. The van der Waals surface area contributed by atoms with Gasteiger partial charge in [0.15, 0.2) is 0 Å². The molecule has 0 saturated heterocycles. The quantitative estimate of drug-likeness (QED) is 0.829. The van der Waals surface area contributed by atoms with Crippen LogP contribution < -0.4 is 5.32 Å². The van der Waals surface area contributed by atoms with Crippen LogP contribution >= 0.6 is 34.5 Å². The van der Waals surface area contributed by atoms with Crippen LogP contribution in [0, 0.1) is 11.8 Å². The van der Waals surface area contributed by atoms with Crippen LogP contribution in [0.3, 0.4) is 0 Å². The molecule has 0 atom stereocenters. The minimum absolute atomic E-state index is 0.0290. The van der Waals surface area contributed by atoms with Crippen molar-refractivity contribution in [3.05, 3.63) is 50.1 Å². The Morgan fingerprint density at radius 1 is 1.24 bits per heavy atom. The fraction of sp³-hybridized carbons (Fsp3) is 0.133. The molecule has 1 amide bonds. The maximum atomic E-state index is 12.1. The van der Waals surface area contributed by atoms with Gasteiger partial charge in [0.1, 0.15) is 0 Å². The van der Waals surface area contributed by atoms with Crippen molar-refractivity contribution in [2.75, 3.05) is 11.9 Å². The van der Waals surface area contributed by atoms with Crippen LogP contribution in [0.5, 0.6) is 0 Å². The Bertz CT molecular complexity index is 696. The van der Waals surface area contributed by atoms with E-state index in [9.17, 15) is 4.79 Å². The molecule has 0 fully saturated rings. The van der Waals surface area contributed by atoms with Crippen molar-refractivity contribution in [1.82, 2.24) is 0 Å². The first-order valence-electron chi connectivity index (χ1n) is 6.05. The van der Waals surface area contributed by atoms with Crippen molar-refractivity contribution in [3.8, 4) is 11.8 Å². The van der Waals surface area contributed by atoms with Gasteiger partial charge in [-0.2, -0.15) is 0 Å². The van der Waals surface area contributed by atoms with Gasteiger partial charge in [0, 0.05) is 22.2 Å². The highest BCUT2D eigenvalue weighted by atomic mass is 35.5. The number of thiophene rings is 1. The number of amides is 1. The topological polar surface area (TPSA) is 49.3 Å². The lowest BCUT2D eigenvalue weighted by Crippen LogP contribution is -2.09. The van der Waals surface area contributed by atoms with E-state index < -0.39 is 0 Å². The van der Waals surface area contributed by atoms with Gasteiger partial charge in [0.25, 0.3) is 5.91 Å². The molecule has 1 aromatic carbocycles. The first kappa shape index (κ1) is 15.9. The minimum Gasteiger partial charge on any atom is -0.395 e. The highest BCUT2D eigenvalue weighted by Crippen LogP contribution is 2.24. The summed E-state index contributed by atoms with van der Waals surface area (Å²) < 4.78 is 0. The summed E-state index contributed by atoms with van der Waals surface area (Å²) in [4.78, 5) is 13.4. The van der Waals surface area contributed by atoms with Crippen LogP contribution in [-0.4, -0.2) is 17.6 Å². The lowest BCUT2D eigenvalue weighted by molar-refractivity contribution is 0.103. The van der Waals surface area contributed by atoms with Crippen LogP contribution in [0.25, 0.3) is 0 Å². The number of hydrogen-bond acceptors (Lipinski definition) is 3. The number of nitrogens with one attached hydrogen (secondary N) is 1. The standard InChI is InChI=1S/C15H11Cl2NO2S/c16-10-7-11(17)9-12(8-10)18-15(20)14-5-4-13(21-14)3-1-2-6-19/h4-5,7-9,19H,2,6H2,(H,18,20). The van der Waals surface area contributed by atoms with E-state index >= 15 is 0 Å². The Kier molecular flexibility index (Phi) is 5.66. The normalized spacial score (nSPS) is 9.86. The molecule has 2 N–H and O–H groups in total. The SMILES string of the molecule is O=C(Nc1cc(Cl)cc(Cl)c1)c1ccc(C#CCCO)s1. The molecule has 0 spiro atoms. The van der Waals surface area contributed by atoms with Crippen LogP contribution in [0.4, 0.5) is 5.69 Å².